The van der Waals surface area contributed by atoms with Crippen molar-refractivity contribution in [1.82, 2.24) is 9.55 Å². The van der Waals surface area contributed by atoms with Crippen molar-refractivity contribution in [3.8, 4) is 22.9 Å². The summed E-state index contributed by atoms with van der Waals surface area (Å²) in [5.74, 6) is 1.29. The summed E-state index contributed by atoms with van der Waals surface area (Å²) in [5.41, 5.74) is -0.236. The molecule has 0 fully saturated rings. The molecule has 36 heavy (non-hydrogen) atoms. The molecular formula is C26H20ClF3N2O4. The van der Waals surface area contributed by atoms with E-state index in [0.717, 1.165) is 12.1 Å². The molecule has 0 aliphatic rings. The number of methoxy groups -OCH3 is 3. The van der Waals surface area contributed by atoms with Crippen LogP contribution in [0.1, 0.15) is 17.0 Å². The number of hydrogen-bond donors (Lipinski definition) is 0. The van der Waals surface area contributed by atoms with Gasteiger partial charge in [0.1, 0.15) is 11.6 Å². The van der Waals surface area contributed by atoms with E-state index in [1.807, 2.05) is 0 Å². The molecule has 3 aromatic carbocycles. The zero-order valence-corrected chi connectivity index (χ0v) is 20.1. The SMILES string of the molecule is COc1ccc(-n2c(C=Cc3cccc(C(F)(F)F)c3)nc3cc(OC)c(OC)cc3c2=O)cc1Cl. The van der Waals surface area contributed by atoms with Gasteiger partial charge in [0.15, 0.2) is 11.5 Å². The predicted molar refractivity (Wildman–Crippen MR) is 132 cm³/mol. The number of benzene rings is 3. The fraction of sp³-hybridized carbons (Fsp3) is 0.154. The Morgan fingerprint density at radius 3 is 2.22 bits per heavy atom. The molecule has 10 heteroatoms. The Balaban J connectivity index is 1.96. The quantitative estimate of drug-likeness (QED) is 0.303. The maximum atomic E-state index is 13.6. The van der Waals surface area contributed by atoms with Gasteiger partial charge < -0.3 is 14.2 Å². The zero-order chi connectivity index (χ0) is 26.0. The number of rotatable bonds is 6. The van der Waals surface area contributed by atoms with Crippen LogP contribution in [0.3, 0.4) is 0 Å². The first-order chi connectivity index (χ1) is 17.2. The highest BCUT2D eigenvalue weighted by molar-refractivity contribution is 6.32. The Hall–Kier alpha value is -3.98. The largest absolute Gasteiger partial charge is 0.495 e. The van der Waals surface area contributed by atoms with E-state index in [1.54, 1.807) is 18.2 Å². The monoisotopic (exact) mass is 516 g/mol. The molecule has 0 bridgehead atoms. The van der Waals surface area contributed by atoms with Crippen molar-refractivity contribution in [2.75, 3.05) is 21.3 Å². The van der Waals surface area contributed by atoms with E-state index < -0.39 is 17.3 Å². The number of halogens is 4. The van der Waals surface area contributed by atoms with Gasteiger partial charge in [-0.25, -0.2) is 4.98 Å². The highest BCUT2D eigenvalue weighted by Crippen LogP contribution is 2.32. The Labute approximate surface area is 209 Å². The minimum atomic E-state index is -4.48. The first kappa shape index (κ1) is 25.1. The average molecular weight is 517 g/mol. The maximum Gasteiger partial charge on any atom is 0.416 e. The fourth-order valence-corrected chi connectivity index (χ4v) is 3.93. The van der Waals surface area contributed by atoms with Crippen LogP contribution in [0.2, 0.25) is 5.02 Å². The van der Waals surface area contributed by atoms with Crippen molar-refractivity contribution < 1.29 is 27.4 Å². The van der Waals surface area contributed by atoms with Gasteiger partial charge in [-0.05, 0) is 48.0 Å². The van der Waals surface area contributed by atoms with E-state index in [0.29, 0.717) is 28.5 Å². The van der Waals surface area contributed by atoms with Crippen LogP contribution in [0.25, 0.3) is 28.7 Å². The van der Waals surface area contributed by atoms with Crippen LogP contribution in [0.5, 0.6) is 17.2 Å². The summed E-state index contributed by atoms with van der Waals surface area (Å²) in [7, 11) is 4.37. The molecule has 0 atom stereocenters. The molecule has 0 amide bonds. The number of aromatic nitrogens is 2. The molecular weight excluding hydrogens is 497 g/mol. The van der Waals surface area contributed by atoms with Gasteiger partial charge in [0, 0.05) is 6.07 Å². The molecule has 1 aromatic heterocycles. The number of nitrogens with zero attached hydrogens (tertiary/aromatic N) is 2. The molecule has 0 radical (unpaired) electrons. The molecule has 0 N–H and O–H groups in total. The highest BCUT2D eigenvalue weighted by Gasteiger charge is 2.30. The van der Waals surface area contributed by atoms with Crippen molar-refractivity contribution in [1.29, 1.82) is 0 Å². The third kappa shape index (κ3) is 4.87. The third-order valence-corrected chi connectivity index (χ3v) is 5.73. The molecule has 0 unspecified atom stereocenters. The molecule has 0 aliphatic heterocycles. The van der Waals surface area contributed by atoms with Gasteiger partial charge in [0.25, 0.3) is 5.56 Å². The lowest BCUT2D eigenvalue weighted by Crippen LogP contribution is -2.22. The van der Waals surface area contributed by atoms with E-state index in [-0.39, 0.29) is 21.8 Å². The van der Waals surface area contributed by atoms with E-state index in [1.165, 1.54) is 62.3 Å². The first-order valence-electron chi connectivity index (χ1n) is 10.5. The van der Waals surface area contributed by atoms with Crippen molar-refractivity contribution in [2.24, 2.45) is 0 Å². The fourth-order valence-electron chi connectivity index (χ4n) is 3.68. The van der Waals surface area contributed by atoms with Gasteiger partial charge in [-0.1, -0.05) is 29.8 Å². The normalized spacial score (nSPS) is 11.8. The summed E-state index contributed by atoms with van der Waals surface area (Å²) >= 11 is 6.30. The summed E-state index contributed by atoms with van der Waals surface area (Å²) < 4.78 is 56.6. The van der Waals surface area contributed by atoms with E-state index in [9.17, 15) is 18.0 Å². The van der Waals surface area contributed by atoms with Crippen LogP contribution in [0.4, 0.5) is 13.2 Å². The van der Waals surface area contributed by atoms with Crippen molar-refractivity contribution in [3.63, 3.8) is 0 Å². The lowest BCUT2D eigenvalue weighted by atomic mass is 10.1. The van der Waals surface area contributed by atoms with E-state index in [4.69, 9.17) is 25.8 Å². The molecule has 1 heterocycles. The smallest absolute Gasteiger partial charge is 0.416 e. The Morgan fingerprint density at radius 2 is 1.58 bits per heavy atom. The van der Waals surface area contributed by atoms with Gasteiger partial charge >= 0.3 is 6.18 Å². The molecule has 6 nitrogen and oxygen atoms in total. The summed E-state index contributed by atoms with van der Waals surface area (Å²) in [6.45, 7) is 0. The van der Waals surface area contributed by atoms with Gasteiger partial charge in [-0.15, -0.1) is 0 Å². The molecule has 4 rings (SSSR count). The summed E-state index contributed by atoms with van der Waals surface area (Å²) in [6.07, 6.45) is -1.57. The second kappa shape index (κ2) is 9.94. The van der Waals surface area contributed by atoms with Gasteiger partial charge in [0.05, 0.1) is 48.5 Å². The van der Waals surface area contributed by atoms with Crippen LogP contribution in [0, 0.1) is 0 Å². The van der Waals surface area contributed by atoms with Crippen LogP contribution in [0.15, 0.2) is 59.4 Å². The third-order valence-electron chi connectivity index (χ3n) is 5.43. The summed E-state index contributed by atoms with van der Waals surface area (Å²) in [6, 6.07) is 12.7. The lowest BCUT2D eigenvalue weighted by Gasteiger charge is -2.14. The van der Waals surface area contributed by atoms with Crippen molar-refractivity contribution in [3.05, 3.63) is 86.9 Å². The second-order valence-corrected chi connectivity index (χ2v) is 8.02. The van der Waals surface area contributed by atoms with Gasteiger partial charge in [-0.3, -0.25) is 9.36 Å². The lowest BCUT2D eigenvalue weighted by molar-refractivity contribution is -0.137. The number of fused-ring (bicyclic) bond motifs is 1. The maximum absolute atomic E-state index is 13.6. The van der Waals surface area contributed by atoms with Crippen molar-refractivity contribution in [2.45, 2.75) is 6.18 Å². The summed E-state index contributed by atoms with van der Waals surface area (Å²) in [4.78, 5) is 18.2. The Bertz CT molecular complexity index is 1530. The van der Waals surface area contributed by atoms with E-state index in [2.05, 4.69) is 4.98 Å². The molecule has 0 saturated carbocycles. The molecule has 186 valence electrons. The number of hydrogen-bond acceptors (Lipinski definition) is 5. The minimum absolute atomic E-state index is 0.165. The topological polar surface area (TPSA) is 62.6 Å². The van der Waals surface area contributed by atoms with Gasteiger partial charge in [0.2, 0.25) is 0 Å². The molecule has 4 aromatic rings. The molecule has 0 spiro atoms. The minimum Gasteiger partial charge on any atom is -0.495 e. The molecule has 0 aliphatic carbocycles. The zero-order valence-electron chi connectivity index (χ0n) is 19.4. The number of alkyl halides is 3. The molecule has 0 saturated heterocycles. The Kier molecular flexibility index (Phi) is 6.94. The standard InChI is InChI=1S/C26H20ClF3N2O4/c1-34-21-9-8-17(12-19(21)27)32-24(10-7-15-5-4-6-16(11-15)26(28,29)30)31-20-14-23(36-3)22(35-2)13-18(20)25(32)33/h4-14H,1-3H3. The summed E-state index contributed by atoms with van der Waals surface area (Å²) in [5, 5.41) is 0.512. The van der Waals surface area contributed by atoms with Gasteiger partial charge in [-0.2, -0.15) is 13.2 Å². The van der Waals surface area contributed by atoms with E-state index >= 15 is 0 Å². The first-order valence-corrected chi connectivity index (χ1v) is 10.9. The van der Waals surface area contributed by atoms with Crippen LogP contribution in [-0.2, 0) is 6.18 Å². The second-order valence-electron chi connectivity index (χ2n) is 7.61. The van der Waals surface area contributed by atoms with Crippen LogP contribution in [-0.4, -0.2) is 30.9 Å². The highest BCUT2D eigenvalue weighted by atomic mass is 35.5. The average Bonchev–Trinajstić information content (AvgIpc) is 2.86. The van der Waals surface area contributed by atoms with Crippen molar-refractivity contribution >= 4 is 34.7 Å². The number of ether oxygens (including phenoxy) is 3. The predicted octanol–water partition coefficient (Wildman–Crippen LogP) is 6.25. The van der Waals surface area contributed by atoms with Crippen LogP contribution < -0.4 is 19.8 Å². The Morgan fingerprint density at radius 1 is 0.889 bits per heavy atom. The van der Waals surface area contributed by atoms with Crippen LogP contribution >= 0.6 is 11.6 Å².